The number of anilines is 1. The largest absolute Gasteiger partial charge is 0.417 e. The molecular weight excluding hydrogens is 367 g/mol. The van der Waals surface area contributed by atoms with E-state index in [-0.39, 0.29) is 11.1 Å². The van der Waals surface area contributed by atoms with Crippen molar-refractivity contribution in [3.8, 4) is 11.1 Å². The molecule has 1 heterocycles. The monoisotopic (exact) mass is 389 g/mol. The third-order valence-electron chi connectivity index (χ3n) is 4.41. The molecule has 0 fully saturated rings. The molecule has 0 spiro atoms. The van der Waals surface area contributed by atoms with E-state index in [1.165, 1.54) is 12.1 Å². The molecule has 0 saturated heterocycles. The van der Waals surface area contributed by atoms with E-state index >= 15 is 0 Å². The van der Waals surface area contributed by atoms with Crippen LogP contribution >= 0.6 is 11.8 Å². The average molecular weight is 389 g/mol. The quantitative estimate of drug-likeness (QED) is 0.442. The van der Waals surface area contributed by atoms with Crippen molar-refractivity contribution < 1.29 is 13.2 Å². The molecule has 1 N–H and O–H groups in total. The summed E-state index contributed by atoms with van der Waals surface area (Å²) in [7, 11) is 0. The van der Waals surface area contributed by atoms with Crippen LogP contribution in [-0.4, -0.2) is 17.0 Å². The van der Waals surface area contributed by atoms with E-state index < -0.39 is 11.7 Å². The van der Waals surface area contributed by atoms with Gasteiger partial charge in [-0.2, -0.15) is 24.9 Å². The van der Waals surface area contributed by atoms with E-state index in [9.17, 15) is 13.2 Å². The van der Waals surface area contributed by atoms with Crippen LogP contribution in [0.2, 0.25) is 0 Å². The molecule has 0 unspecified atom stereocenters. The zero-order chi connectivity index (χ0) is 19.7. The number of benzene rings is 2. The van der Waals surface area contributed by atoms with Crippen molar-refractivity contribution in [1.82, 2.24) is 0 Å². The molecule has 5 heteroatoms. The summed E-state index contributed by atoms with van der Waals surface area (Å²) in [5.41, 5.74) is 2.66. The van der Waals surface area contributed by atoms with Crippen LogP contribution in [0.5, 0.6) is 0 Å². The third-order valence-corrected chi connectivity index (χ3v) is 5.40. The van der Waals surface area contributed by atoms with Crippen molar-refractivity contribution in [1.29, 1.82) is 0 Å². The molecule has 0 aromatic heterocycles. The topological polar surface area (TPSA) is 12.0 Å². The molecule has 2 aromatic rings. The highest BCUT2D eigenvalue weighted by Gasteiger charge is 2.35. The Morgan fingerprint density at radius 2 is 1.70 bits per heavy atom. The van der Waals surface area contributed by atoms with Gasteiger partial charge >= 0.3 is 6.18 Å². The van der Waals surface area contributed by atoms with Gasteiger partial charge in [-0.3, -0.25) is 0 Å². The van der Waals surface area contributed by atoms with Gasteiger partial charge in [0.05, 0.1) is 16.8 Å². The Morgan fingerprint density at radius 1 is 1.04 bits per heavy atom. The van der Waals surface area contributed by atoms with E-state index in [0.717, 1.165) is 34.4 Å². The summed E-state index contributed by atoms with van der Waals surface area (Å²) in [5, 5.41) is 3.43. The van der Waals surface area contributed by atoms with Gasteiger partial charge in [-0.1, -0.05) is 48.6 Å². The Labute approximate surface area is 162 Å². The minimum Gasteiger partial charge on any atom is -0.376 e. The van der Waals surface area contributed by atoms with Crippen LogP contribution in [0.1, 0.15) is 25.0 Å². The van der Waals surface area contributed by atoms with Crippen molar-refractivity contribution in [3.63, 3.8) is 0 Å². The molecule has 0 bridgehead atoms. The number of para-hydroxylation sites is 1. The summed E-state index contributed by atoms with van der Waals surface area (Å²) < 4.78 is 40.7. The number of alkyl halides is 3. The molecule has 27 heavy (non-hydrogen) atoms. The highest BCUT2D eigenvalue weighted by Crippen LogP contribution is 2.45. The Hall–Kier alpha value is -2.14. The zero-order valence-electron chi connectivity index (χ0n) is 15.4. The number of nitrogens with one attached hydrogen (secondary N) is 1. The van der Waals surface area contributed by atoms with Crippen molar-refractivity contribution >= 4 is 23.0 Å². The molecular formula is C22H22F3NS. The zero-order valence-corrected chi connectivity index (χ0v) is 16.2. The molecule has 0 radical (unpaired) electrons. The van der Waals surface area contributed by atoms with Gasteiger partial charge in [0.25, 0.3) is 0 Å². The molecule has 1 aliphatic rings. The number of rotatable bonds is 5. The standard InChI is InChI=1S/C22H22F3NS/c1-4-12-27-14-15-13-21(2,3)26-20-16(15)9-7-10-18(20)17-8-5-6-11-19(17)22(23,24)25/h4-11,13,26H,1,12,14H2,2-3H3. The Bertz CT molecular complexity index is 881. The third kappa shape index (κ3) is 4.24. The van der Waals surface area contributed by atoms with Crippen LogP contribution < -0.4 is 5.32 Å². The predicted octanol–water partition coefficient (Wildman–Crippen LogP) is 6.88. The Kier molecular flexibility index (Phi) is 5.43. The van der Waals surface area contributed by atoms with E-state index in [1.54, 1.807) is 23.9 Å². The minimum atomic E-state index is -4.40. The fraction of sp³-hybridized carbons (Fsp3) is 0.273. The fourth-order valence-corrected chi connectivity index (χ4v) is 4.13. The van der Waals surface area contributed by atoms with Crippen molar-refractivity contribution in [3.05, 3.63) is 72.3 Å². The Morgan fingerprint density at radius 3 is 2.41 bits per heavy atom. The second-order valence-electron chi connectivity index (χ2n) is 7.09. The van der Waals surface area contributed by atoms with Crippen LogP contribution in [0, 0.1) is 0 Å². The van der Waals surface area contributed by atoms with E-state index in [0.29, 0.717) is 5.56 Å². The van der Waals surface area contributed by atoms with Gasteiger partial charge < -0.3 is 5.32 Å². The number of halogens is 3. The summed E-state index contributed by atoms with van der Waals surface area (Å²) in [5.74, 6) is 1.62. The average Bonchev–Trinajstić information content (AvgIpc) is 2.60. The van der Waals surface area contributed by atoms with E-state index in [4.69, 9.17) is 0 Å². The predicted molar refractivity (Wildman–Crippen MR) is 110 cm³/mol. The summed E-state index contributed by atoms with van der Waals surface area (Å²) in [6, 6.07) is 11.3. The second kappa shape index (κ2) is 7.47. The summed E-state index contributed by atoms with van der Waals surface area (Å²) in [6.07, 6.45) is -0.388. The van der Waals surface area contributed by atoms with Gasteiger partial charge in [-0.05, 0) is 31.1 Å². The molecule has 0 aliphatic carbocycles. The number of hydrogen-bond acceptors (Lipinski definition) is 2. The van der Waals surface area contributed by atoms with Crippen LogP contribution in [0.25, 0.3) is 16.7 Å². The molecule has 1 nitrogen and oxygen atoms in total. The maximum absolute atomic E-state index is 13.6. The lowest BCUT2D eigenvalue weighted by atomic mass is 9.87. The molecule has 142 valence electrons. The molecule has 3 rings (SSSR count). The van der Waals surface area contributed by atoms with Crippen LogP contribution in [0.15, 0.2) is 61.2 Å². The maximum Gasteiger partial charge on any atom is 0.417 e. The molecule has 0 amide bonds. The van der Waals surface area contributed by atoms with Gasteiger partial charge in [0, 0.05) is 22.6 Å². The SMILES string of the molecule is C=CCSCC1=CC(C)(C)Nc2c1cccc2-c1ccccc1C(F)(F)F. The van der Waals surface area contributed by atoms with Gasteiger partial charge in [0.2, 0.25) is 0 Å². The molecule has 1 aliphatic heterocycles. The lowest BCUT2D eigenvalue weighted by Crippen LogP contribution is -2.32. The summed E-state index contributed by atoms with van der Waals surface area (Å²) in [4.78, 5) is 0. The van der Waals surface area contributed by atoms with Crippen molar-refractivity contribution in [2.75, 3.05) is 16.8 Å². The summed E-state index contributed by atoms with van der Waals surface area (Å²) >= 11 is 1.74. The van der Waals surface area contributed by atoms with Gasteiger partial charge in [0.1, 0.15) is 0 Å². The first kappa shape index (κ1) is 19.6. The Balaban J connectivity index is 2.14. The number of hydrogen-bond donors (Lipinski definition) is 1. The van der Waals surface area contributed by atoms with Gasteiger partial charge in [-0.25, -0.2) is 0 Å². The van der Waals surface area contributed by atoms with Gasteiger partial charge in [0.15, 0.2) is 0 Å². The van der Waals surface area contributed by atoms with Crippen LogP contribution in [-0.2, 0) is 6.18 Å². The van der Waals surface area contributed by atoms with Crippen LogP contribution in [0.4, 0.5) is 18.9 Å². The minimum absolute atomic E-state index is 0.199. The van der Waals surface area contributed by atoms with Crippen molar-refractivity contribution in [2.45, 2.75) is 25.6 Å². The lowest BCUT2D eigenvalue weighted by molar-refractivity contribution is -0.137. The fourth-order valence-electron chi connectivity index (χ4n) is 3.39. The number of fused-ring (bicyclic) bond motifs is 1. The molecule has 0 atom stereocenters. The first-order valence-electron chi connectivity index (χ1n) is 8.71. The van der Waals surface area contributed by atoms with E-state index in [1.807, 2.05) is 32.1 Å². The second-order valence-corrected chi connectivity index (χ2v) is 8.12. The highest BCUT2D eigenvalue weighted by molar-refractivity contribution is 7.99. The van der Waals surface area contributed by atoms with Gasteiger partial charge in [-0.15, -0.1) is 6.58 Å². The van der Waals surface area contributed by atoms with Crippen molar-refractivity contribution in [2.24, 2.45) is 0 Å². The molecule has 0 saturated carbocycles. The number of thioether (sulfide) groups is 1. The highest BCUT2D eigenvalue weighted by atomic mass is 32.2. The molecule has 2 aromatic carbocycles. The van der Waals surface area contributed by atoms with E-state index in [2.05, 4.69) is 18.0 Å². The summed E-state index contributed by atoms with van der Waals surface area (Å²) in [6.45, 7) is 7.80. The maximum atomic E-state index is 13.6. The first-order valence-corrected chi connectivity index (χ1v) is 9.87. The first-order chi connectivity index (χ1) is 12.7. The van der Waals surface area contributed by atoms with Crippen LogP contribution in [0.3, 0.4) is 0 Å². The normalized spacial score (nSPS) is 15.5. The smallest absolute Gasteiger partial charge is 0.376 e. The lowest BCUT2D eigenvalue weighted by Gasteiger charge is -2.34.